The fourth-order valence-electron chi connectivity index (χ4n) is 3.32. The van der Waals surface area contributed by atoms with Crippen molar-refractivity contribution in [1.29, 1.82) is 0 Å². The Morgan fingerprint density at radius 2 is 1.78 bits per heavy atom. The number of nitrogens with zero attached hydrogens (tertiary/aromatic N) is 1. The molecule has 1 atom stereocenters. The van der Waals surface area contributed by atoms with Crippen molar-refractivity contribution in [1.82, 2.24) is 10.3 Å². The molecule has 0 aliphatic heterocycles. The van der Waals surface area contributed by atoms with Gasteiger partial charge in [0.1, 0.15) is 0 Å². The van der Waals surface area contributed by atoms with Crippen LogP contribution in [0.2, 0.25) is 0 Å². The molecule has 3 nitrogen and oxygen atoms in total. The zero-order valence-corrected chi connectivity index (χ0v) is 13.4. The number of carbonyl (C=O) groups is 1. The lowest BCUT2D eigenvalue weighted by atomic mass is 9.91. The first-order valence-corrected chi connectivity index (χ1v) is 8.58. The molecule has 1 aromatic carbocycles. The number of amides is 1. The Labute approximate surface area is 138 Å². The number of benzene rings is 1. The van der Waals surface area contributed by atoms with E-state index in [2.05, 4.69) is 10.3 Å². The van der Waals surface area contributed by atoms with Crippen molar-refractivity contribution < 1.29 is 4.79 Å². The van der Waals surface area contributed by atoms with Crippen LogP contribution in [0.3, 0.4) is 0 Å². The molecule has 0 spiro atoms. The van der Waals surface area contributed by atoms with Gasteiger partial charge in [-0.1, -0.05) is 55.7 Å². The second kappa shape index (κ2) is 7.91. The van der Waals surface area contributed by atoms with Gasteiger partial charge in [0, 0.05) is 24.4 Å². The first kappa shape index (κ1) is 15.7. The van der Waals surface area contributed by atoms with Gasteiger partial charge >= 0.3 is 0 Å². The molecule has 1 aromatic heterocycles. The van der Waals surface area contributed by atoms with E-state index in [1.54, 1.807) is 6.20 Å². The van der Waals surface area contributed by atoms with Crippen LogP contribution >= 0.6 is 0 Å². The molecule has 1 fully saturated rings. The molecule has 1 aliphatic rings. The van der Waals surface area contributed by atoms with Crippen LogP contribution in [0.1, 0.15) is 49.3 Å². The standard InChI is InChI=1S/C20H24N2O/c23-20(22-17-11-5-2-6-12-17)19(16-9-3-1-4-10-16)15-18-13-7-8-14-21-18/h1,3-4,7-10,13-14,17,19H,2,5-6,11-12,15H2,(H,22,23). The second-order valence-corrected chi connectivity index (χ2v) is 6.33. The van der Waals surface area contributed by atoms with E-state index in [1.807, 2.05) is 48.5 Å². The maximum absolute atomic E-state index is 12.9. The van der Waals surface area contributed by atoms with Gasteiger partial charge in [-0.05, 0) is 30.5 Å². The Kier molecular flexibility index (Phi) is 5.41. The summed E-state index contributed by atoms with van der Waals surface area (Å²) in [4.78, 5) is 17.3. The Morgan fingerprint density at radius 3 is 2.48 bits per heavy atom. The number of hydrogen-bond donors (Lipinski definition) is 1. The smallest absolute Gasteiger partial charge is 0.228 e. The van der Waals surface area contributed by atoms with Gasteiger partial charge < -0.3 is 5.32 Å². The number of nitrogens with one attached hydrogen (secondary N) is 1. The summed E-state index contributed by atoms with van der Waals surface area (Å²) in [5, 5.41) is 3.27. The van der Waals surface area contributed by atoms with Crippen molar-refractivity contribution in [3.05, 3.63) is 66.0 Å². The van der Waals surface area contributed by atoms with Gasteiger partial charge in [-0.2, -0.15) is 0 Å². The zero-order valence-electron chi connectivity index (χ0n) is 13.4. The third-order valence-corrected chi connectivity index (χ3v) is 4.61. The van der Waals surface area contributed by atoms with E-state index in [0.29, 0.717) is 12.5 Å². The van der Waals surface area contributed by atoms with E-state index in [0.717, 1.165) is 24.1 Å². The van der Waals surface area contributed by atoms with Crippen LogP contribution in [0.25, 0.3) is 0 Å². The topological polar surface area (TPSA) is 42.0 Å². The SMILES string of the molecule is O=C(NC1CCCCC1)C(Cc1ccccn1)c1ccccc1. The van der Waals surface area contributed by atoms with Crippen molar-refractivity contribution in [2.75, 3.05) is 0 Å². The molecular formula is C20H24N2O. The minimum Gasteiger partial charge on any atom is -0.353 e. The normalized spacial score (nSPS) is 16.7. The molecule has 0 bridgehead atoms. The quantitative estimate of drug-likeness (QED) is 0.911. The lowest BCUT2D eigenvalue weighted by Gasteiger charge is -2.25. The molecule has 1 unspecified atom stereocenters. The summed E-state index contributed by atoms with van der Waals surface area (Å²) in [5.74, 6) is -0.0400. The number of carbonyl (C=O) groups excluding carboxylic acids is 1. The summed E-state index contributed by atoms with van der Waals surface area (Å²) in [6.45, 7) is 0. The van der Waals surface area contributed by atoms with Crippen molar-refractivity contribution in [3.8, 4) is 0 Å². The fourth-order valence-corrected chi connectivity index (χ4v) is 3.32. The molecule has 2 aromatic rings. The number of aromatic nitrogens is 1. The summed E-state index contributed by atoms with van der Waals surface area (Å²) in [6.07, 6.45) is 8.39. The molecule has 1 amide bonds. The summed E-state index contributed by atoms with van der Waals surface area (Å²) in [7, 11) is 0. The van der Waals surface area contributed by atoms with Gasteiger partial charge in [0.15, 0.2) is 0 Å². The van der Waals surface area contributed by atoms with Gasteiger partial charge in [-0.25, -0.2) is 0 Å². The Morgan fingerprint density at radius 1 is 1.04 bits per heavy atom. The third kappa shape index (κ3) is 4.41. The van der Waals surface area contributed by atoms with Crippen LogP contribution < -0.4 is 5.32 Å². The van der Waals surface area contributed by atoms with Crippen LogP contribution in [0.4, 0.5) is 0 Å². The number of rotatable bonds is 5. The van der Waals surface area contributed by atoms with Gasteiger partial charge in [-0.15, -0.1) is 0 Å². The summed E-state index contributed by atoms with van der Waals surface area (Å²) < 4.78 is 0. The second-order valence-electron chi connectivity index (χ2n) is 6.33. The van der Waals surface area contributed by atoms with E-state index in [-0.39, 0.29) is 11.8 Å². The molecule has 120 valence electrons. The van der Waals surface area contributed by atoms with Crippen LogP contribution in [0.15, 0.2) is 54.7 Å². The predicted molar refractivity (Wildman–Crippen MR) is 92.1 cm³/mol. The highest BCUT2D eigenvalue weighted by atomic mass is 16.1. The van der Waals surface area contributed by atoms with E-state index in [4.69, 9.17) is 0 Å². The average Bonchev–Trinajstić information content (AvgIpc) is 2.62. The summed E-state index contributed by atoms with van der Waals surface area (Å²) >= 11 is 0. The highest BCUT2D eigenvalue weighted by molar-refractivity contribution is 5.84. The molecule has 3 rings (SSSR count). The summed E-state index contributed by atoms with van der Waals surface area (Å²) in [6, 6.07) is 16.3. The van der Waals surface area contributed by atoms with Crippen molar-refractivity contribution in [2.45, 2.75) is 50.5 Å². The summed E-state index contributed by atoms with van der Waals surface area (Å²) in [5.41, 5.74) is 2.02. The highest BCUT2D eigenvalue weighted by Crippen LogP contribution is 2.23. The first-order valence-electron chi connectivity index (χ1n) is 8.58. The highest BCUT2D eigenvalue weighted by Gasteiger charge is 2.24. The van der Waals surface area contributed by atoms with E-state index < -0.39 is 0 Å². The molecule has 1 heterocycles. The van der Waals surface area contributed by atoms with Crippen molar-refractivity contribution >= 4 is 5.91 Å². The van der Waals surface area contributed by atoms with E-state index in [9.17, 15) is 4.79 Å². The average molecular weight is 308 g/mol. The minimum atomic E-state index is -0.173. The van der Waals surface area contributed by atoms with E-state index >= 15 is 0 Å². The molecule has 1 saturated carbocycles. The first-order chi connectivity index (χ1) is 11.3. The van der Waals surface area contributed by atoms with Gasteiger partial charge in [0.2, 0.25) is 5.91 Å². The molecule has 23 heavy (non-hydrogen) atoms. The Balaban J connectivity index is 1.75. The molecule has 1 aliphatic carbocycles. The van der Waals surface area contributed by atoms with Crippen LogP contribution in [-0.2, 0) is 11.2 Å². The van der Waals surface area contributed by atoms with Crippen molar-refractivity contribution in [3.63, 3.8) is 0 Å². The number of pyridine rings is 1. The van der Waals surface area contributed by atoms with Crippen molar-refractivity contribution in [2.24, 2.45) is 0 Å². The monoisotopic (exact) mass is 308 g/mol. The maximum Gasteiger partial charge on any atom is 0.228 e. The zero-order chi connectivity index (χ0) is 15.9. The largest absolute Gasteiger partial charge is 0.353 e. The molecule has 0 radical (unpaired) electrons. The van der Waals surface area contributed by atoms with Crippen LogP contribution in [0, 0.1) is 0 Å². The maximum atomic E-state index is 12.9. The van der Waals surface area contributed by atoms with E-state index in [1.165, 1.54) is 19.3 Å². The molecule has 0 saturated heterocycles. The predicted octanol–water partition coefficient (Wildman–Crippen LogP) is 3.86. The lowest BCUT2D eigenvalue weighted by Crippen LogP contribution is -2.39. The van der Waals surface area contributed by atoms with Gasteiger partial charge in [0.25, 0.3) is 0 Å². The van der Waals surface area contributed by atoms with Gasteiger partial charge in [-0.3, -0.25) is 9.78 Å². The van der Waals surface area contributed by atoms with Crippen LogP contribution in [-0.4, -0.2) is 16.9 Å². The lowest BCUT2D eigenvalue weighted by molar-refractivity contribution is -0.123. The van der Waals surface area contributed by atoms with Crippen LogP contribution in [0.5, 0.6) is 0 Å². The molecule has 1 N–H and O–H groups in total. The minimum absolute atomic E-state index is 0.133. The molecule has 3 heteroatoms. The molecular weight excluding hydrogens is 284 g/mol. The Hall–Kier alpha value is -2.16. The third-order valence-electron chi connectivity index (χ3n) is 4.61. The fraction of sp³-hybridized carbons (Fsp3) is 0.400. The number of hydrogen-bond acceptors (Lipinski definition) is 2. The Bertz CT molecular complexity index is 606. The van der Waals surface area contributed by atoms with Gasteiger partial charge in [0.05, 0.1) is 5.92 Å².